The molecule has 0 aliphatic carbocycles. The number of nitrogens with zero attached hydrogens (tertiary/aromatic N) is 1. The summed E-state index contributed by atoms with van der Waals surface area (Å²) in [4.78, 5) is 26.2. The van der Waals surface area contributed by atoms with Gasteiger partial charge in [0.1, 0.15) is 6.04 Å². The number of ketones is 1. The number of hydrogen-bond donors (Lipinski definition) is 1. The fourth-order valence-corrected chi connectivity index (χ4v) is 2.82. The third-order valence-corrected chi connectivity index (χ3v) is 4.22. The van der Waals surface area contributed by atoms with Gasteiger partial charge in [0.2, 0.25) is 5.91 Å². The van der Waals surface area contributed by atoms with Gasteiger partial charge < -0.3 is 15.4 Å². The smallest absolute Gasteiger partial charge is 0.241 e. The highest BCUT2D eigenvalue weighted by Gasteiger charge is 2.29. The molecule has 128 valence electrons. The van der Waals surface area contributed by atoms with E-state index < -0.39 is 6.04 Å². The van der Waals surface area contributed by atoms with Crippen LogP contribution >= 0.6 is 24.0 Å². The molecule has 1 aliphatic rings. The average molecular weight is 361 g/mol. The Balaban J connectivity index is 0.00000264. The molecule has 0 saturated carbocycles. The molecular weight excluding hydrogens is 339 g/mol. The Bertz CT molecular complexity index is 529. The summed E-state index contributed by atoms with van der Waals surface area (Å²) in [6.45, 7) is 1.32. The van der Waals surface area contributed by atoms with Gasteiger partial charge in [-0.3, -0.25) is 9.59 Å². The van der Waals surface area contributed by atoms with Crippen LogP contribution in [0.3, 0.4) is 0 Å². The molecular formula is C16H22Cl2N2O3. The van der Waals surface area contributed by atoms with E-state index in [-0.39, 0.29) is 36.6 Å². The Hall–Kier alpha value is -1.14. The Morgan fingerprint density at radius 2 is 1.87 bits per heavy atom. The van der Waals surface area contributed by atoms with Gasteiger partial charge in [0, 0.05) is 36.7 Å². The first kappa shape index (κ1) is 19.9. The number of halogens is 2. The second-order valence-electron chi connectivity index (χ2n) is 5.53. The number of rotatable bonds is 5. The van der Waals surface area contributed by atoms with E-state index in [1.54, 1.807) is 29.2 Å². The SMILES string of the molecule is COCC(N)C(=O)N1CCC(C(=O)c2ccc(Cl)cc2)CC1.Cl. The molecule has 0 spiro atoms. The Labute approximate surface area is 147 Å². The Morgan fingerprint density at radius 1 is 1.30 bits per heavy atom. The second-order valence-corrected chi connectivity index (χ2v) is 5.97. The Kier molecular flexibility index (Phi) is 7.99. The van der Waals surface area contributed by atoms with E-state index in [9.17, 15) is 9.59 Å². The van der Waals surface area contributed by atoms with E-state index >= 15 is 0 Å². The van der Waals surface area contributed by atoms with E-state index in [1.165, 1.54) is 7.11 Å². The van der Waals surface area contributed by atoms with Crippen molar-refractivity contribution < 1.29 is 14.3 Å². The highest BCUT2D eigenvalue weighted by Crippen LogP contribution is 2.23. The minimum atomic E-state index is -0.631. The number of hydrogen-bond acceptors (Lipinski definition) is 4. The first-order chi connectivity index (χ1) is 10.5. The van der Waals surface area contributed by atoms with Crippen LogP contribution in [0.2, 0.25) is 5.02 Å². The zero-order valence-electron chi connectivity index (χ0n) is 13.0. The summed E-state index contributed by atoms with van der Waals surface area (Å²) in [5, 5.41) is 0.615. The molecule has 7 heteroatoms. The molecule has 1 aromatic carbocycles. The molecule has 2 N–H and O–H groups in total. The van der Waals surface area contributed by atoms with Gasteiger partial charge in [-0.15, -0.1) is 12.4 Å². The number of amides is 1. The van der Waals surface area contributed by atoms with Gasteiger partial charge in [-0.1, -0.05) is 11.6 Å². The number of methoxy groups -OCH3 is 1. The average Bonchev–Trinajstić information content (AvgIpc) is 2.54. The fraction of sp³-hybridized carbons (Fsp3) is 0.500. The standard InChI is InChI=1S/C16H21ClN2O3.ClH/c1-22-10-14(18)16(21)19-8-6-12(7-9-19)15(20)11-2-4-13(17)5-3-11;/h2-5,12,14H,6-10,18H2,1H3;1H. The van der Waals surface area contributed by atoms with Crippen molar-refractivity contribution in [3.63, 3.8) is 0 Å². The largest absolute Gasteiger partial charge is 0.383 e. The summed E-state index contributed by atoms with van der Waals surface area (Å²) in [5.74, 6) is -0.0481. The molecule has 23 heavy (non-hydrogen) atoms. The fourth-order valence-electron chi connectivity index (χ4n) is 2.70. The van der Waals surface area contributed by atoms with Gasteiger partial charge in [-0.2, -0.15) is 0 Å². The summed E-state index contributed by atoms with van der Waals surface area (Å²) in [7, 11) is 1.52. The predicted molar refractivity (Wildman–Crippen MR) is 92.2 cm³/mol. The molecule has 0 radical (unpaired) electrons. The van der Waals surface area contributed by atoms with Gasteiger partial charge in [-0.25, -0.2) is 0 Å². The first-order valence-corrected chi connectivity index (χ1v) is 7.73. The van der Waals surface area contributed by atoms with Crippen LogP contribution in [0, 0.1) is 5.92 Å². The molecule has 2 rings (SSSR count). The lowest BCUT2D eigenvalue weighted by Gasteiger charge is -2.32. The highest BCUT2D eigenvalue weighted by atomic mass is 35.5. The lowest BCUT2D eigenvalue weighted by molar-refractivity contribution is -0.135. The lowest BCUT2D eigenvalue weighted by atomic mass is 9.88. The summed E-state index contributed by atoms with van der Waals surface area (Å²) >= 11 is 5.83. The number of likely N-dealkylation sites (tertiary alicyclic amines) is 1. The zero-order chi connectivity index (χ0) is 16.1. The highest BCUT2D eigenvalue weighted by molar-refractivity contribution is 6.30. The molecule has 0 bridgehead atoms. The quantitative estimate of drug-likeness (QED) is 0.816. The Morgan fingerprint density at radius 3 is 2.39 bits per heavy atom. The maximum atomic E-state index is 12.4. The van der Waals surface area contributed by atoms with Gasteiger partial charge in [0.25, 0.3) is 0 Å². The summed E-state index contributed by atoms with van der Waals surface area (Å²) in [6, 6.07) is 6.30. The van der Waals surface area contributed by atoms with Crippen LogP contribution in [0.4, 0.5) is 0 Å². The summed E-state index contributed by atoms with van der Waals surface area (Å²) in [5.41, 5.74) is 6.43. The van der Waals surface area contributed by atoms with Gasteiger partial charge >= 0.3 is 0 Å². The van der Waals surface area contributed by atoms with Crippen LogP contribution in [0.15, 0.2) is 24.3 Å². The molecule has 1 heterocycles. The number of piperidine rings is 1. The third-order valence-electron chi connectivity index (χ3n) is 3.97. The van der Waals surface area contributed by atoms with Crippen molar-refractivity contribution >= 4 is 35.7 Å². The van der Waals surface area contributed by atoms with Crippen molar-refractivity contribution in [3.05, 3.63) is 34.9 Å². The van der Waals surface area contributed by atoms with E-state index in [4.69, 9.17) is 22.1 Å². The van der Waals surface area contributed by atoms with Crippen LogP contribution in [0.5, 0.6) is 0 Å². The van der Waals surface area contributed by atoms with Crippen molar-refractivity contribution in [3.8, 4) is 0 Å². The van der Waals surface area contributed by atoms with Gasteiger partial charge in [-0.05, 0) is 37.1 Å². The second kappa shape index (κ2) is 9.23. The van der Waals surface area contributed by atoms with Crippen LogP contribution in [-0.4, -0.2) is 49.4 Å². The number of ether oxygens (including phenoxy) is 1. The number of benzene rings is 1. The van der Waals surface area contributed by atoms with Crippen LogP contribution in [0.25, 0.3) is 0 Å². The maximum absolute atomic E-state index is 12.4. The van der Waals surface area contributed by atoms with Crippen molar-refractivity contribution in [1.82, 2.24) is 4.90 Å². The molecule has 0 aromatic heterocycles. The molecule has 1 aromatic rings. The van der Waals surface area contributed by atoms with Gasteiger partial charge in [0.05, 0.1) is 6.61 Å². The summed E-state index contributed by atoms with van der Waals surface area (Å²) in [6.07, 6.45) is 1.32. The van der Waals surface area contributed by atoms with Crippen molar-refractivity contribution in [2.75, 3.05) is 26.8 Å². The van der Waals surface area contributed by atoms with E-state index in [0.717, 1.165) is 0 Å². The summed E-state index contributed by atoms with van der Waals surface area (Å²) < 4.78 is 4.90. The van der Waals surface area contributed by atoms with Crippen LogP contribution in [0.1, 0.15) is 23.2 Å². The zero-order valence-corrected chi connectivity index (χ0v) is 14.6. The number of nitrogens with two attached hydrogens (primary N) is 1. The molecule has 1 saturated heterocycles. The molecule has 1 atom stereocenters. The molecule has 1 fully saturated rings. The van der Waals surface area contributed by atoms with E-state index in [2.05, 4.69) is 0 Å². The van der Waals surface area contributed by atoms with E-state index in [1.807, 2.05) is 0 Å². The normalized spacial score (nSPS) is 16.6. The minimum absolute atomic E-state index is 0. The monoisotopic (exact) mass is 360 g/mol. The first-order valence-electron chi connectivity index (χ1n) is 7.36. The third kappa shape index (κ3) is 5.18. The van der Waals surface area contributed by atoms with Crippen molar-refractivity contribution in [2.45, 2.75) is 18.9 Å². The number of carbonyl (C=O) groups excluding carboxylic acids is 2. The topological polar surface area (TPSA) is 72.6 Å². The molecule has 1 aliphatic heterocycles. The van der Waals surface area contributed by atoms with Crippen LogP contribution in [-0.2, 0) is 9.53 Å². The lowest BCUT2D eigenvalue weighted by Crippen LogP contribution is -2.49. The molecule has 1 unspecified atom stereocenters. The number of Topliss-reactive ketones (excluding diaryl/α,β-unsaturated/α-hetero) is 1. The minimum Gasteiger partial charge on any atom is -0.383 e. The van der Waals surface area contributed by atoms with Gasteiger partial charge in [0.15, 0.2) is 5.78 Å². The van der Waals surface area contributed by atoms with Crippen molar-refractivity contribution in [2.24, 2.45) is 11.7 Å². The van der Waals surface area contributed by atoms with Crippen molar-refractivity contribution in [1.29, 1.82) is 0 Å². The van der Waals surface area contributed by atoms with E-state index in [0.29, 0.717) is 36.5 Å². The maximum Gasteiger partial charge on any atom is 0.241 e. The van der Waals surface area contributed by atoms with Crippen LogP contribution < -0.4 is 5.73 Å². The molecule has 1 amide bonds. The molecule has 5 nitrogen and oxygen atoms in total. The predicted octanol–water partition coefficient (Wildman–Crippen LogP) is 2.16. The number of carbonyl (C=O) groups is 2.